The van der Waals surface area contributed by atoms with Gasteiger partial charge in [-0.1, -0.05) is 76.5 Å². The molecule has 0 radical (unpaired) electrons. The van der Waals surface area contributed by atoms with Crippen molar-refractivity contribution in [2.45, 2.75) is 43.2 Å². The molecule has 2 heterocycles. The normalized spacial score (nSPS) is 14.6. The SMILES string of the molecule is CCC(NC(=O)C(F)F)c1ccc(CI)c2nc3n(c12)CCCN3c1c(Cl)cc(Cl)cc1Cl. The number of fused-ring (bicyclic) bond motifs is 3. The molecule has 1 aliphatic heterocycles. The van der Waals surface area contributed by atoms with Crippen LogP contribution in [0.15, 0.2) is 24.3 Å². The number of aryl methyl sites for hydroxylation is 1. The van der Waals surface area contributed by atoms with Crippen molar-refractivity contribution in [3.8, 4) is 0 Å². The number of nitrogens with one attached hydrogen (secondary N) is 1. The monoisotopic (exact) mass is 626 g/mol. The van der Waals surface area contributed by atoms with Gasteiger partial charge < -0.3 is 14.8 Å². The lowest BCUT2D eigenvalue weighted by molar-refractivity contribution is -0.132. The van der Waals surface area contributed by atoms with E-state index < -0.39 is 18.4 Å². The lowest BCUT2D eigenvalue weighted by Crippen LogP contribution is -2.33. The van der Waals surface area contributed by atoms with Crippen LogP contribution in [0.4, 0.5) is 20.4 Å². The van der Waals surface area contributed by atoms with Crippen LogP contribution in [0.5, 0.6) is 0 Å². The quantitative estimate of drug-likeness (QED) is 0.231. The summed E-state index contributed by atoms with van der Waals surface area (Å²) < 4.78 is 28.7. The number of carbonyl (C=O) groups is 1. The number of imidazole rings is 1. The van der Waals surface area contributed by atoms with Crippen molar-refractivity contribution < 1.29 is 13.6 Å². The molecule has 0 saturated carbocycles. The number of aromatic nitrogens is 2. The molecule has 1 aromatic heterocycles. The van der Waals surface area contributed by atoms with Crippen molar-refractivity contribution in [3.63, 3.8) is 0 Å². The zero-order chi connectivity index (χ0) is 23.9. The van der Waals surface area contributed by atoms with Gasteiger partial charge in [0, 0.05) is 28.1 Å². The maximum absolute atomic E-state index is 13.0. The predicted molar refractivity (Wildman–Crippen MR) is 138 cm³/mol. The van der Waals surface area contributed by atoms with Crippen molar-refractivity contribution in [3.05, 3.63) is 50.5 Å². The van der Waals surface area contributed by atoms with E-state index in [2.05, 4.69) is 32.5 Å². The second-order valence-electron chi connectivity index (χ2n) is 7.70. The average Bonchev–Trinajstić information content (AvgIpc) is 3.16. The topological polar surface area (TPSA) is 50.2 Å². The molecule has 176 valence electrons. The van der Waals surface area contributed by atoms with Gasteiger partial charge >= 0.3 is 6.43 Å². The Labute approximate surface area is 218 Å². The molecule has 1 atom stereocenters. The van der Waals surface area contributed by atoms with E-state index in [0.29, 0.717) is 50.6 Å². The van der Waals surface area contributed by atoms with E-state index in [1.54, 1.807) is 12.1 Å². The highest BCUT2D eigenvalue weighted by molar-refractivity contribution is 14.1. The maximum atomic E-state index is 13.0. The summed E-state index contributed by atoms with van der Waals surface area (Å²) in [5.41, 5.74) is 3.99. The van der Waals surface area contributed by atoms with Gasteiger partial charge in [-0.3, -0.25) is 4.79 Å². The molecule has 1 N–H and O–H groups in total. The first kappa shape index (κ1) is 24.8. The summed E-state index contributed by atoms with van der Waals surface area (Å²) in [6.45, 7) is 3.18. The van der Waals surface area contributed by atoms with Crippen LogP contribution in [-0.2, 0) is 15.8 Å². The average molecular weight is 628 g/mol. The van der Waals surface area contributed by atoms with E-state index >= 15 is 0 Å². The molecule has 2 aromatic carbocycles. The molecule has 1 amide bonds. The van der Waals surface area contributed by atoms with Crippen LogP contribution >= 0.6 is 57.4 Å². The molecular formula is C22H20Cl3F2IN4O. The first-order valence-corrected chi connectivity index (χ1v) is 13.0. The number of rotatable bonds is 6. The Kier molecular flexibility index (Phi) is 7.57. The van der Waals surface area contributed by atoms with Gasteiger partial charge in [-0.15, -0.1) is 0 Å². The molecule has 1 aliphatic rings. The lowest BCUT2D eigenvalue weighted by atomic mass is 10.00. The van der Waals surface area contributed by atoms with Gasteiger partial charge in [0.15, 0.2) is 0 Å². The molecule has 0 fully saturated rings. The highest BCUT2D eigenvalue weighted by Crippen LogP contribution is 2.43. The fraction of sp³-hybridized carbons (Fsp3) is 0.364. The summed E-state index contributed by atoms with van der Waals surface area (Å²) in [5.74, 6) is -0.622. The first-order valence-electron chi connectivity index (χ1n) is 10.3. The number of nitrogens with zero attached hydrogens (tertiary/aromatic N) is 3. The highest BCUT2D eigenvalue weighted by Gasteiger charge is 2.30. The van der Waals surface area contributed by atoms with Gasteiger partial charge in [0.1, 0.15) is 0 Å². The Morgan fingerprint density at radius 3 is 2.52 bits per heavy atom. The van der Waals surface area contributed by atoms with Crippen molar-refractivity contribution in [2.24, 2.45) is 0 Å². The van der Waals surface area contributed by atoms with E-state index in [4.69, 9.17) is 39.8 Å². The minimum absolute atomic E-state index is 0.415. The predicted octanol–water partition coefficient (Wildman–Crippen LogP) is 7.31. The summed E-state index contributed by atoms with van der Waals surface area (Å²) in [6, 6.07) is 6.54. The molecular weight excluding hydrogens is 608 g/mol. The minimum atomic E-state index is -3.08. The van der Waals surface area contributed by atoms with Crippen LogP contribution in [-0.4, -0.2) is 28.4 Å². The summed E-state index contributed by atoms with van der Waals surface area (Å²) in [7, 11) is 0. The lowest BCUT2D eigenvalue weighted by Gasteiger charge is -2.31. The Bertz CT molecular complexity index is 1200. The van der Waals surface area contributed by atoms with E-state index in [0.717, 1.165) is 28.6 Å². The molecule has 3 aromatic rings. The van der Waals surface area contributed by atoms with Gasteiger partial charge in [0.05, 0.1) is 32.8 Å². The van der Waals surface area contributed by atoms with Gasteiger partial charge in [0.25, 0.3) is 5.91 Å². The standard InChI is InChI=1S/C22H20Cl3F2IN4O/c1-2-16(29-21(33)20(26)27)13-5-4-11(10-28)17-18(13)31-6-3-7-32(22(31)30-17)19-14(24)8-12(23)9-15(19)25/h4-5,8-9,16,20H,2-3,6-7,10H2,1H3,(H,29,33). The highest BCUT2D eigenvalue weighted by atomic mass is 127. The Balaban J connectivity index is 1.92. The number of alkyl halides is 3. The van der Waals surface area contributed by atoms with Crippen LogP contribution in [0, 0.1) is 0 Å². The van der Waals surface area contributed by atoms with E-state index in [-0.39, 0.29) is 0 Å². The third-order valence-corrected chi connectivity index (χ3v) is 7.30. The van der Waals surface area contributed by atoms with E-state index in [9.17, 15) is 13.6 Å². The Morgan fingerprint density at radius 2 is 1.91 bits per heavy atom. The Hall–Kier alpha value is -1.36. The third-order valence-electron chi connectivity index (χ3n) is 5.69. The van der Waals surface area contributed by atoms with Crippen molar-refractivity contribution >= 4 is 86.0 Å². The Morgan fingerprint density at radius 1 is 1.21 bits per heavy atom. The number of amides is 1. The van der Waals surface area contributed by atoms with Gasteiger partial charge in [-0.05, 0) is 30.5 Å². The first-order chi connectivity index (χ1) is 15.8. The largest absolute Gasteiger partial charge is 0.344 e. The zero-order valence-electron chi connectivity index (χ0n) is 17.5. The number of benzene rings is 2. The van der Waals surface area contributed by atoms with E-state index in [1.807, 2.05) is 24.0 Å². The van der Waals surface area contributed by atoms with Gasteiger partial charge in [0.2, 0.25) is 5.95 Å². The molecule has 4 rings (SSSR count). The van der Waals surface area contributed by atoms with Crippen molar-refractivity contribution in [1.29, 1.82) is 0 Å². The van der Waals surface area contributed by atoms with Crippen LogP contribution in [0.1, 0.15) is 36.9 Å². The smallest absolute Gasteiger partial charge is 0.315 e. The fourth-order valence-electron chi connectivity index (χ4n) is 4.24. The molecule has 0 aliphatic carbocycles. The maximum Gasteiger partial charge on any atom is 0.315 e. The molecule has 5 nitrogen and oxygen atoms in total. The summed E-state index contributed by atoms with van der Waals surface area (Å²) in [4.78, 5) is 18.7. The number of anilines is 2. The van der Waals surface area contributed by atoms with Crippen molar-refractivity contribution in [2.75, 3.05) is 11.4 Å². The van der Waals surface area contributed by atoms with Crippen molar-refractivity contribution in [1.82, 2.24) is 14.9 Å². The summed E-state index contributed by atoms with van der Waals surface area (Å²) >= 11 is 21.4. The number of hydrogen-bond donors (Lipinski definition) is 1. The second-order valence-corrected chi connectivity index (χ2v) is 9.72. The second kappa shape index (κ2) is 10.1. The zero-order valence-corrected chi connectivity index (χ0v) is 21.9. The molecule has 1 unspecified atom stereocenters. The number of halogens is 6. The summed E-state index contributed by atoms with van der Waals surface area (Å²) in [6.07, 6.45) is -1.83. The molecule has 0 spiro atoms. The van der Waals surface area contributed by atoms with Crippen LogP contribution in [0.25, 0.3) is 11.0 Å². The molecule has 0 saturated heterocycles. The van der Waals surface area contributed by atoms with Crippen LogP contribution < -0.4 is 10.2 Å². The number of hydrogen-bond acceptors (Lipinski definition) is 3. The molecule has 33 heavy (non-hydrogen) atoms. The van der Waals surface area contributed by atoms with Gasteiger partial charge in [-0.25, -0.2) is 4.98 Å². The number of carbonyl (C=O) groups excluding carboxylic acids is 1. The third kappa shape index (κ3) is 4.63. The minimum Gasteiger partial charge on any atom is -0.344 e. The van der Waals surface area contributed by atoms with E-state index in [1.165, 1.54) is 0 Å². The van der Waals surface area contributed by atoms with Crippen LogP contribution in [0.3, 0.4) is 0 Å². The van der Waals surface area contributed by atoms with Gasteiger partial charge in [-0.2, -0.15) is 8.78 Å². The van der Waals surface area contributed by atoms with Crippen LogP contribution in [0.2, 0.25) is 15.1 Å². The molecule has 11 heteroatoms. The molecule has 0 bridgehead atoms. The summed E-state index contributed by atoms with van der Waals surface area (Å²) in [5, 5.41) is 3.74. The fourth-order valence-corrected chi connectivity index (χ4v) is 5.87.